The molecule has 0 unspecified atom stereocenters. The number of nitrogens with zero attached hydrogens (tertiary/aromatic N) is 2. The molecule has 0 aliphatic heterocycles. The summed E-state index contributed by atoms with van der Waals surface area (Å²) in [6.45, 7) is 6.00. The Labute approximate surface area is 138 Å². The lowest BCUT2D eigenvalue weighted by atomic mass is 10.2. The standard InChI is InChI=1S/C16H24N4O2S/c1-13-16(12-17-10-7-11-18-23(3,21)22)14(2)20(19-13)15-8-5-4-6-9-15/h4-6,8-9,17-18H,7,10-12H2,1-3H3. The van der Waals surface area contributed by atoms with Crippen molar-refractivity contribution in [3.63, 3.8) is 0 Å². The van der Waals surface area contributed by atoms with Gasteiger partial charge in [0.1, 0.15) is 0 Å². The number of aryl methyl sites for hydroxylation is 1. The predicted octanol–water partition coefficient (Wildman–Crippen LogP) is 1.52. The van der Waals surface area contributed by atoms with Crippen molar-refractivity contribution in [2.24, 2.45) is 0 Å². The van der Waals surface area contributed by atoms with Gasteiger partial charge in [-0.1, -0.05) is 18.2 Å². The van der Waals surface area contributed by atoms with Crippen LogP contribution >= 0.6 is 0 Å². The number of para-hydroxylation sites is 1. The predicted molar refractivity (Wildman–Crippen MR) is 92.2 cm³/mol. The van der Waals surface area contributed by atoms with E-state index in [1.807, 2.05) is 41.9 Å². The van der Waals surface area contributed by atoms with Gasteiger partial charge in [-0.25, -0.2) is 17.8 Å². The van der Waals surface area contributed by atoms with Gasteiger partial charge in [-0.05, 0) is 38.9 Å². The molecule has 2 N–H and O–H groups in total. The first-order valence-electron chi connectivity index (χ1n) is 7.64. The van der Waals surface area contributed by atoms with Gasteiger partial charge in [0.25, 0.3) is 0 Å². The molecule has 0 atom stereocenters. The van der Waals surface area contributed by atoms with E-state index in [1.54, 1.807) is 0 Å². The smallest absolute Gasteiger partial charge is 0.208 e. The van der Waals surface area contributed by atoms with Crippen LogP contribution in [0.1, 0.15) is 23.4 Å². The summed E-state index contributed by atoms with van der Waals surface area (Å²) in [4.78, 5) is 0. The zero-order chi connectivity index (χ0) is 16.9. The lowest BCUT2D eigenvalue weighted by molar-refractivity contribution is 0.579. The quantitative estimate of drug-likeness (QED) is 0.717. The summed E-state index contributed by atoms with van der Waals surface area (Å²) in [6, 6.07) is 10.1. The molecule has 7 heteroatoms. The van der Waals surface area contributed by atoms with E-state index < -0.39 is 10.0 Å². The Morgan fingerprint density at radius 2 is 1.83 bits per heavy atom. The second-order valence-corrected chi connectivity index (χ2v) is 7.43. The summed E-state index contributed by atoms with van der Waals surface area (Å²) < 4.78 is 26.4. The van der Waals surface area contributed by atoms with Gasteiger partial charge < -0.3 is 5.32 Å². The van der Waals surface area contributed by atoms with Crippen LogP contribution in [0.4, 0.5) is 0 Å². The Balaban J connectivity index is 1.90. The van der Waals surface area contributed by atoms with Gasteiger partial charge in [0, 0.05) is 24.3 Å². The van der Waals surface area contributed by atoms with Crippen LogP contribution in [0.15, 0.2) is 30.3 Å². The Morgan fingerprint density at radius 3 is 2.48 bits per heavy atom. The lowest BCUT2D eigenvalue weighted by Gasteiger charge is -2.07. The molecule has 23 heavy (non-hydrogen) atoms. The highest BCUT2D eigenvalue weighted by Gasteiger charge is 2.12. The Morgan fingerprint density at radius 1 is 1.13 bits per heavy atom. The van der Waals surface area contributed by atoms with Gasteiger partial charge in [0.2, 0.25) is 10.0 Å². The molecular formula is C16H24N4O2S. The van der Waals surface area contributed by atoms with Gasteiger partial charge >= 0.3 is 0 Å². The maximum absolute atomic E-state index is 11.0. The molecule has 6 nitrogen and oxygen atoms in total. The second kappa shape index (κ2) is 7.72. The van der Waals surface area contributed by atoms with Gasteiger partial charge in [0.05, 0.1) is 17.6 Å². The number of hydrogen-bond acceptors (Lipinski definition) is 4. The van der Waals surface area contributed by atoms with Crippen LogP contribution in [-0.4, -0.2) is 37.5 Å². The lowest BCUT2D eigenvalue weighted by Crippen LogP contribution is -2.26. The molecule has 0 fully saturated rings. The molecule has 0 aliphatic rings. The van der Waals surface area contributed by atoms with E-state index in [9.17, 15) is 8.42 Å². The second-order valence-electron chi connectivity index (χ2n) is 5.59. The van der Waals surface area contributed by atoms with Gasteiger partial charge in [-0.2, -0.15) is 5.10 Å². The van der Waals surface area contributed by atoms with Crippen LogP contribution in [0, 0.1) is 13.8 Å². The fraction of sp³-hybridized carbons (Fsp3) is 0.438. The Hall–Kier alpha value is -1.70. The molecule has 1 aromatic heterocycles. The van der Waals surface area contributed by atoms with E-state index in [0.29, 0.717) is 6.54 Å². The minimum absolute atomic E-state index is 0.451. The average molecular weight is 336 g/mol. The topological polar surface area (TPSA) is 76.0 Å². The Bertz CT molecular complexity index is 739. The number of sulfonamides is 1. The summed E-state index contributed by atoms with van der Waals surface area (Å²) >= 11 is 0. The summed E-state index contributed by atoms with van der Waals surface area (Å²) in [7, 11) is -3.10. The fourth-order valence-corrected chi connectivity index (χ4v) is 2.95. The van der Waals surface area contributed by atoms with Crippen molar-refractivity contribution >= 4 is 10.0 Å². The SMILES string of the molecule is Cc1nn(-c2ccccc2)c(C)c1CNCCCNS(C)(=O)=O. The summed E-state index contributed by atoms with van der Waals surface area (Å²) in [6.07, 6.45) is 1.92. The third-order valence-corrected chi connectivity index (χ3v) is 4.37. The highest BCUT2D eigenvalue weighted by atomic mass is 32.2. The molecule has 1 aromatic carbocycles. The molecule has 0 bridgehead atoms. The van der Waals surface area contributed by atoms with Crippen molar-refractivity contribution < 1.29 is 8.42 Å². The van der Waals surface area contributed by atoms with E-state index in [2.05, 4.69) is 22.1 Å². The molecule has 0 amide bonds. The van der Waals surface area contributed by atoms with Crippen LogP contribution in [-0.2, 0) is 16.6 Å². The van der Waals surface area contributed by atoms with E-state index in [0.717, 1.165) is 36.6 Å². The summed E-state index contributed by atoms with van der Waals surface area (Å²) in [5.74, 6) is 0. The zero-order valence-electron chi connectivity index (χ0n) is 13.8. The van der Waals surface area contributed by atoms with Gasteiger partial charge in [-0.15, -0.1) is 0 Å². The summed E-state index contributed by atoms with van der Waals surface area (Å²) in [5.41, 5.74) is 4.37. The maximum atomic E-state index is 11.0. The Kier molecular flexibility index (Phi) is 5.92. The van der Waals surface area contributed by atoms with Crippen LogP contribution in [0.5, 0.6) is 0 Å². The molecular weight excluding hydrogens is 312 g/mol. The van der Waals surface area contributed by atoms with E-state index in [1.165, 1.54) is 11.8 Å². The summed E-state index contributed by atoms with van der Waals surface area (Å²) in [5, 5.41) is 7.96. The van der Waals surface area contributed by atoms with E-state index in [-0.39, 0.29) is 0 Å². The van der Waals surface area contributed by atoms with E-state index in [4.69, 9.17) is 0 Å². The molecule has 0 saturated heterocycles. The third-order valence-electron chi connectivity index (χ3n) is 3.64. The average Bonchev–Trinajstić information content (AvgIpc) is 2.78. The largest absolute Gasteiger partial charge is 0.312 e. The van der Waals surface area contributed by atoms with Crippen molar-refractivity contribution in [1.82, 2.24) is 19.8 Å². The molecule has 2 aromatic rings. The van der Waals surface area contributed by atoms with Crippen LogP contribution in [0.2, 0.25) is 0 Å². The van der Waals surface area contributed by atoms with Crippen molar-refractivity contribution in [3.05, 3.63) is 47.3 Å². The minimum Gasteiger partial charge on any atom is -0.312 e. The molecule has 1 heterocycles. The maximum Gasteiger partial charge on any atom is 0.208 e. The highest BCUT2D eigenvalue weighted by Crippen LogP contribution is 2.17. The van der Waals surface area contributed by atoms with Crippen molar-refractivity contribution in [3.8, 4) is 5.69 Å². The normalized spacial score (nSPS) is 11.8. The van der Waals surface area contributed by atoms with Crippen LogP contribution in [0.3, 0.4) is 0 Å². The van der Waals surface area contributed by atoms with Crippen LogP contribution < -0.4 is 10.0 Å². The molecule has 0 radical (unpaired) electrons. The highest BCUT2D eigenvalue weighted by molar-refractivity contribution is 7.88. The number of rotatable bonds is 8. The number of hydrogen-bond donors (Lipinski definition) is 2. The van der Waals surface area contributed by atoms with E-state index >= 15 is 0 Å². The van der Waals surface area contributed by atoms with Gasteiger partial charge in [-0.3, -0.25) is 0 Å². The van der Waals surface area contributed by atoms with Crippen LogP contribution in [0.25, 0.3) is 5.69 Å². The number of benzene rings is 1. The van der Waals surface area contributed by atoms with Crippen molar-refractivity contribution in [2.75, 3.05) is 19.3 Å². The molecule has 0 aliphatic carbocycles. The van der Waals surface area contributed by atoms with Gasteiger partial charge in [0.15, 0.2) is 0 Å². The molecule has 126 valence electrons. The molecule has 2 rings (SSSR count). The molecule has 0 saturated carbocycles. The zero-order valence-corrected chi connectivity index (χ0v) is 14.7. The minimum atomic E-state index is -3.10. The van der Waals surface area contributed by atoms with Crippen molar-refractivity contribution in [1.29, 1.82) is 0 Å². The molecule has 0 spiro atoms. The first-order chi connectivity index (χ1) is 10.9. The van der Waals surface area contributed by atoms with Crippen molar-refractivity contribution in [2.45, 2.75) is 26.8 Å². The number of nitrogens with one attached hydrogen (secondary N) is 2. The first-order valence-corrected chi connectivity index (χ1v) is 9.53. The first kappa shape index (κ1) is 17.7. The monoisotopic (exact) mass is 336 g/mol. The number of aromatic nitrogens is 2. The third kappa shape index (κ3) is 5.16. The fourth-order valence-electron chi connectivity index (χ4n) is 2.44.